The van der Waals surface area contributed by atoms with Gasteiger partial charge in [-0.1, -0.05) is 17.7 Å². The van der Waals surface area contributed by atoms with Gasteiger partial charge in [0.2, 0.25) is 5.65 Å². The Kier molecular flexibility index (Phi) is 3.46. The number of fused-ring (bicyclic) bond motifs is 1. The maximum Gasteiger partial charge on any atom is 0.350 e. The first-order chi connectivity index (χ1) is 10.5. The SMILES string of the molecule is C=CCn1nc2c(=O)n(-c3ccc(Cl)c(C)c3)ccn2c1=O. The van der Waals surface area contributed by atoms with Gasteiger partial charge in [-0.05, 0) is 30.7 Å². The number of halogens is 1. The predicted molar refractivity (Wildman–Crippen MR) is 85.0 cm³/mol. The van der Waals surface area contributed by atoms with E-state index < -0.39 is 0 Å². The molecule has 112 valence electrons. The quantitative estimate of drug-likeness (QED) is 0.692. The third-order valence-electron chi connectivity index (χ3n) is 3.37. The van der Waals surface area contributed by atoms with Crippen LogP contribution in [0.1, 0.15) is 5.56 Å². The summed E-state index contributed by atoms with van der Waals surface area (Å²) < 4.78 is 3.86. The van der Waals surface area contributed by atoms with E-state index in [-0.39, 0.29) is 23.4 Å². The molecule has 0 aliphatic carbocycles. The van der Waals surface area contributed by atoms with Gasteiger partial charge in [0.05, 0.1) is 6.54 Å². The zero-order chi connectivity index (χ0) is 15.9. The molecule has 0 aliphatic heterocycles. The Morgan fingerprint density at radius 3 is 2.77 bits per heavy atom. The molecule has 0 spiro atoms. The first-order valence-corrected chi connectivity index (χ1v) is 6.99. The Hall–Kier alpha value is -2.60. The highest BCUT2D eigenvalue weighted by molar-refractivity contribution is 6.31. The van der Waals surface area contributed by atoms with Gasteiger partial charge in [0.25, 0.3) is 0 Å². The molecule has 0 saturated carbocycles. The molecule has 0 radical (unpaired) electrons. The van der Waals surface area contributed by atoms with Crippen molar-refractivity contribution in [2.45, 2.75) is 13.5 Å². The van der Waals surface area contributed by atoms with Crippen LogP contribution in [0.4, 0.5) is 0 Å². The van der Waals surface area contributed by atoms with Gasteiger partial charge in [-0.2, -0.15) is 0 Å². The van der Waals surface area contributed by atoms with Crippen molar-refractivity contribution in [3.8, 4) is 5.69 Å². The van der Waals surface area contributed by atoms with E-state index >= 15 is 0 Å². The average molecular weight is 317 g/mol. The minimum atomic E-state index is -0.371. The lowest BCUT2D eigenvalue weighted by Gasteiger charge is -2.07. The molecule has 0 saturated heterocycles. The number of allylic oxidation sites excluding steroid dienone is 1. The minimum Gasteiger partial charge on any atom is -0.280 e. The fraction of sp³-hybridized carbons (Fsp3) is 0.133. The topological polar surface area (TPSA) is 61.3 Å². The van der Waals surface area contributed by atoms with E-state index in [0.29, 0.717) is 10.7 Å². The van der Waals surface area contributed by atoms with Crippen molar-refractivity contribution in [1.29, 1.82) is 0 Å². The third kappa shape index (κ3) is 2.17. The average Bonchev–Trinajstić information content (AvgIpc) is 2.81. The summed E-state index contributed by atoms with van der Waals surface area (Å²) in [7, 11) is 0. The van der Waals surface area contributed by atoms with Crippen LogP contribution in [0.15, 0.2) is 52.8 Å². The molecule has 0 fully saturated rings. The summed E-state index contributed by atoms with van der Waals surface area (Å²) in [6, 6.07) is 5.27. The van der Waals surface area contributed by atoms with Crippen LogP contribution in [-0.2, 0) is 6.54 Å². The van der Waals surface area contributed by atoms with Crippen LogP contribution < -0.4 is 11.2 Å². The van der Waals surface area contributed by atoms with Crippen molar-refractivity contribution < 1.29 is 0 Å². The molecule has 2 heterocycles. The van der Waals surface area contributed by atoms with Crippen LogP contribution >= 0.6 is 11.6 Å². The molecular formula is C15H13ClN4O2. The van der Waals surface area contributed by atoms with Crippen molar-refractivity contribution in [3.63, 3.8) is 0 Å². The van der Waals surface area contributed by atoms with E-state index in [4.69, 9.17) is 11.6 Å². The molecular weight excluding hydrogens is 304 g/mol. The maximum atomic E-state index is 12.6. The van der Waals surface area contributed by atoms with Crippen molar-refractivity contribution in [2.24, 2.45) is 0 Å². The molecule has 1 aromatic carbocycles. The van der Waals surface area contributed by atoms with Crippen molar-refractivity contribution in [2.75, 3.05) is 0 Å². The molecule has 0 amide bonds. The maximum absolute atomic E-state index is 12.6. The fourth-order valence-electron chi connectivity index (χ4n) is 2.23. The summed E-state index contributed by atoms with van der Waals surface area (Å²) >= 11 is 6.00. The Bertz CT molecular complexity index is 997. The van der Waals surface area contributed by atoms with E-state index in [9.17, 15) is 9.59 Å². The highest BCUT2D eigenvalue weighted by Crippen LogP contribution is 2.17. The van der Waals surface area contributed by atoms with Gasteiger partial charge in [0, 0.05) is 23.1 Å². The molecule has 0 N–H and O–H groups in total. The summed E-state index contributed by atoms with van der Waals surface area (Å²) in [5.74, 6) is 0. The lowest BCUT2D eigenvalue weighted by Crippen LogP contribution is -2.24. The largest absolute Gasteiger partial charge is 0.350 e. The zero-order valence-electron chi connectivity index (χ0n) is 11.9. The van der Waals surface area contributed by atoms with Crippen LogP contribution in [0.2, 0.25) is 5.02 Å². The number of benzene rings is 1. The van der Waals surface area contributed by atoms with Gasteiger partial charge in [-0.3, -0.25) is 9.36 Å². The van der Waals surface area contributed by atoms with Crippen molar-refractivity contribution in [3.05, 3.63) is 74.7 Å². The molecule has 0 aliphatic rings. The molecule has 0 unspecified atom stereocenters. The second kappa shape index (κ2) is 5.31. The molecule has 3 aromatic rings. The van der Waals surface area contributed by atoms with Crippen LogP contribution in [0.5, 0.6) is 0 Å². The first kappa shape index (κ1) is 14.3. The molecule has 2 aromatic heterocycles. The van der Waals surface area contributed by atoms with Gasteiger partial charge in [-0.15, -0.1) is 11.7 Å². The highest BCUT2D eigenvalue weighted by Gasteiger charge is 2.12. The predicted octanol–water partition coefficient (Wildman–Crippen LogP) is 1.79. The molecule has 0 atom stereocenters. The monoisotopic (exact) mass is 316 g/mol. The standard InChI is InChI=1S/C15H13ClN4O2/c1-3-6-20-15(22)19-8-7-18(14(21)13(19)17-20)11-4-5-12(16)10(2)9-11/h3-5,7-9H,1,6H2,2H3. The summed E-state index contributed by atoms with van der Waals surface area (Å²) in [6.07, 6.45) is 4.61. The summed E-state index contributed by atoms with van der Waals surface area (Å²) in [5.41, 5.74) is 0.859. The number of nitrogens with zero attached hydrogens (tertiary/aromatic N) is 4. The fourth-order valence-corrected chi connectivity index (χ4v) is 2.35. The second-order valence-electron chi connectivity index (χ2n) is 4.85. The molecule has 22 heavy (non-hydrogen) atoms. The molecule has 7 heteroatoms. The van der Waals surface area contributed by atoms with Crippen LogP contribution in [0, 0.1) is 6.92 Å². The number of aryl methyl sites for hydroxylation is 1. The van der Waals surface area contributed by atoms with E-state index in [1.54, 1.807) is 30.5 Å². The summed E-state index contributed by atoms with van der Waals surface area (Å²) in [6.45, 7) is 5.68. The summed E-state index contributed by atoms with van der Waals surface area (Å²) in [5, 5.41) is 4.69. The lowest BCUT2D eigenvalue weighted by atomic mass is 10.2. The summed E-state index contributed by atoms with van der Waals surface area (Å²) in [4.78, 5) is 24.6. The van der Waals surface area contributed by atoms with Crippen molar-refractivity contribution >= 4 is 17.2 Å². The number of hydrogen-bond acceptors (Lipinski definition) is 3. The van der Waals surface area contributed by atoms with Gasteiger partial charge in [0.1, 0.15) is 0 Å². The number of aromatic nitrogens is 4. The molecule has 6 nitrogen and oxygen atoms in total. The third-order valence-corrected chi connectivity index (χ3v) is 3.79. The number of rotatable bonds is 3. The van der Waals surface area contributed by atoms with Crippen molar-refractivity contribution in [1.82, 2.24) is 18.7 Å². The first-order valence-electron chi connectivity index (χ1n) is 6.61. The second-order valence-corrected chi connectivity index (χ2v) is 5.26. The zero-order valence-corrected chi connectivity index (χ0v) is 12.6. The Morgan fingerprint density at radius 1 is 1.32 bits per heavy atom. The lowest BCUT2D eigenvalue weighted by molar-refractivity contribution is 0.673. The van der Waals surface area contributed by atoms with Gasteiger partial charge in [-0.25, -0.2) is 13.9 Å². The van der Waals surface area contributed by atoms with E-state index in [1.807, 2.05) is 6.92 Å². The normalized spacial score (nSPS) is 11.0. The van der Waals surface area contributed by atoms with Crippen LogP contribution in [0.3, 0.4) is 0 Å². The minimum absolute atomic E-state index is 0.0713. The van der Waals surface area contributed by atoms with Crippen LogP contribution in [-0.4, -0.2) is 18.7 Å². The van der Waals surface area contributed by atoms with Gasteiger partial charge >= 0.3 is 11.2 Å². The van der Waals surface area contributed by atoms with Gasteiger partial charge in [0.15, 0.2) is 0 Å². The van der Waals surface area contributed by atoms with Crippen LogP contribution in [0.25, 0.3) is 11.3 Å². The molecule has 0 bridgehead atoms. The Labute approximate surface area is 130 Å². The van der Waals surface area contributed by atoms with E-state index in [0.717, 1.165) is 5.56 Å². The Morgan fingerprint density at radius 2 is 2.09 bits per heavy atom. The Balaban J connectivity index is 2.26. The smallest absolute Gasteiger partial charge is 0.280 e. The highest BCUT2D eigenvalue weighted by atomic mass is 35.5. The van der Waals surface area contributed by atoms with Gasteiger partial charge < -0.3 is 0 Å². The van der Waals surface area contributed by atoms with E-state index in [2.05, 4.69) is 11.7 Å². The number of hydrogen-bond donors (Lipinski definition) is 0. The molecule has 3 rings (SSSR count). The van der Waals surface area contributed by atoms with E-state index in [1.165, 1.54) is 19.8 Å².